The van der Waals surface area contributed by atoms with Crippen LogP contribution in [0.1, 0.15) is 22.4 Å². The third kappa shape index (κ3) is 2.41. The summed E-state index contributed by atoms with van der Waals surface area (Å²) in [4.78, 5) is 0. The van der Waals surface area contributed by atoms with Crippen molar-refractivity contribution < 1.29 is 4.74 Å². The summed E-state index contributed by atoms with van der Waals surface area (Å²) in [7, 11) is 0. The Bertz CT molecular complexity index is 592. The van der Waals surface area contributed by atoms with E-state index in [-0.39, 0.29) is 6.61 Å². The minimum Gasteiger partial charge on any atom is -0.487 e. The van der Waals surface area contributed by atoms with Gasteiger partial charge in [0, 0.05) is 11.5 Å². The topological polar surface area (TPSA) is 84.8 Å². The van der Waals surface area contributed by atoms with E-state index in [1.165, 1.54) is 0 Å². The molecule has 5 nitrogen and oxygen atoms in total. The summed E-state index contributed by atoms with van der Waals surface area (Å²) in [5.41, 5.74) is 8.82. The summed E-state index contributed by atoms with van der Waals surface area (Å²) in [5, 5.41) is 13.3. The predicted octanol–water partition coefficient (Wildman–Crippen LogP) is 2.19. The smallest absolute Gasteiger partial charge is 0.136 e. The fraction of sp³-hybridized carbons (Fsp3) is 0.250. The Morgan fingerprint density at radius 1 is 1.39 bits per heavy atom. The van der Waals surface area contributed by atoms with Gasteiger partial charge in [-0.05, 0) is 37.1 Å². The minimum atomic E-state index is 0.288. The number of aromatic nitrogens is 2. The maximum atomic E-state index is 8.87. The van der Waals surface area contributed by atoms with Crippen LogP contribution in [0, 0.1) is 25.2 Å². The summed E-state index contributed by atoms with van der Waals surface area (Å²) < 4.78 is 9.46. The highest BCUT2D eigenvalue weighted by Gasteiger charge is 2.09. The highest BCUT2D eigenvalue weighted by molar-refractivity contribution is 7.09. The normalized spacial score (nSPS) is 10.1. The third-order valence-electron chi connectivity index (χ3n) is 2.53. The van der Waals surface area contributed by atoms with Gasteiger partial charge in [0.15, 0.2) is 0 Å². The minimum absolute atomic E-state index is 0.288. The molecular weight excluding hydrogens is 248 g/mol. The fourth-order valence-corrected chi connectivity index (χ4v) is 2.13. The second-order valence-corrected chi connectivity index (χ2v) is 4.71. The molecule has 92 valence electrons. The number of nitriles is 1. The molecule has 2 rings (SSSR count). The Balaban J connectivity index is 2.20. The lowest BCUT2D eigenvalue weighted by Crippen LogP contribution is -2.02. The fourth-order valence-electron chi connectivity index (χ4n) is 1.70. The van der Waals surface area contributed by atoms with E-state index >= 15 is 0 Å². The van der Waals surface area contributed by atoms with Crippen LogP contribution in [-0.4, -0.2) is 9.59 Å². The number of rotatable bonds is 3. The first-order chi connectivity index (χ1) is 8.61. The van der Waals surface area contributed by atoms with E-state index < -0.39 is 0 Å². The highest BCUT2D eigenvalue weighted by atomic mass is 32.1. The Morgan fingerprint density at radius 3 is 2.56 bits per heavy atom. The third-order valence-corrected chi connectivity index (χ3v) is 3.12. The van der Waals surface area contributed by atoms with Gasteiger partial charge in [-0.3, -0.25) is 0 Å². The first-order valence-electron chi connectivity index (χ1n) is 5.32. The van der Waals surface area contributed by atoms with Gasteiger partial charge in [0.1, 0.15) is 23.1 Å². The summed E-state index contributed by atoms with van der Waals surface area (Å²) in [6.07, 6.45) is 0. The molecule has 1 aromatic carbocycles. The predicted molar refractivity (Wildman–Crippen MR) is 69.3 cm³/mol. The number of anilines is 1. The van der Waals surface area contributed by atoms with Crippen LogP contribution in [0.5, 0.6) is 5.75 Å². The number of ether oxygens (including phenoxy) is 1. The van der Waals surface area contributed by atoms with E-state index in [2.05, 4.69) is 15.7 Å². The maximum Gasteiger partial charge on any atom is 0.136 e. The molecule has 0 aliphatic heterocycles. The lowest BCUT2D eigenvalue weighted by Gasteiger charge is -2.11. The summed E-state index contributed by atoms with van der Waals surface area (Å²) in [6.45, 7) is 4.10. The molecule has 2 aromatic rings. The number of nitrogens with zero attached hydrogens (tertiary/aromatic N) is 3. The first-order valence-corrected chi connectivity index (χ1v) is 6.10. The van der Waals surface area contributed by atoms with Crippen molar-refractivity contribution in [2.75, 3.05) is 5.73 Å². The van der Waals surface area contributed by atoms with Crippen LogP contribution >= 0.6 is 11.5 Å². The number of benzene rings is 1. The summed E-state index contributed by atoms with van der Waals surface area (Å²) >= 11 is 1.15. The van der Waals surface area contributed by atoms with Gasteiger partial charge in [0.2, 0.25) is 0 Å². The van der Waals surface area contributed by atoms with Crippen LogP contribution in [0.25, 0.3) is 0 Å². The molecule has 0 radical (unpaired) electrons. The molecule has 0 aliphatic rings. The molecule has 1 heterocycles. The van der Waals surface area contributed by atoms with E-state index in [0.717, 1.165) is 28.4 Å². The molecule has 0 atom stereocenters. The highest BCUT2D eigenvalue weighted by Crippen LogP contribution is 2.26. The molecule has 0 fully saturated rings. The average Bonchev–Trinajstić information content (AvgIpc) is 2.73. The standard InChI is InChI=1S/C12H12N4OS/c1-7-3-9(5-13)4-8(2)11(7)17-6-10-12(14)18-16-15-10/h3-4H,6,14H2,1-2H3. The van der Waals surface area contributed by atoms with Crippen molar-refractivity contribution in [2.45, 2.75) is 20.5 Å². The molecule has 2 N–H and O–H groups in total. The molecular formula is C12H12N4OS. The zero-order valence-corrected chi connectivity index (χ0v) is 10.9. The van der Waals surface area contributed by atoms with Gasteiger partial charge in [-0.25, -0.2) is 0 Å². The average molecular weight is 260 g/mol. The quantitative estimate of drug-likeness (QED) is 0.914. The molecule has 0 unspecified atom stereocenters. The van der Waals surface area contributed by atoms with E-state index in [1.807, 2.05) is 13.8 Å². The lowest BCUT2D eigenvalue weighted by molar-refractivity contribution is 0.297. The number of nitrogens with two attached hydrogens (primary N) is 1. The Morgan fingerprint density at radius 2 is 2.06 bits per heavy atom. The van der Waals surface area contributed by atoms with Crippen LogP contribution in [0.3, 0.4) is 0 Å². The van der Waals surface area contributed by atoms with Gasteiger partial charge in [-0.2, -0.15) is 5.26 Å². The maximum absolute atomic E-state index is 8.87. The summed E-state index contributed by atoms with van der Waals surface area (Å²) in [6, 6.07) is 5.71. The Labute approximate surface area is 109 Å². The monoisotopic (exact) mass is 260 g/mol. The van der Waals surface area contributed by atoms with Crippen molar-refractivity contribution >= 4 is 16.5 Å². The second-order valence-electron chi connectivity index (χ2n) is 3.92. The van der Waals surface area contributed by atoms with Crippen molar-refractivity contribution in [3.05, 3.63) is 34.5 Å². The molecule has 6 heteroatoms. The van der Waals surface area contributed by atoms with Crippen LogP contribution in [0.15, 0.2) is 12.1 Å². The molecule has 0 saturated carbocycles. The molecule has 0 spiro atoms. The molecule has 18 heavy (non-hydrogen) atoms. The van der Waals surface area contributed by atoms with E-state index in [4.69, 9.17) is 15.7 Å². The summed E-state index contributed by atoms with van der Waals surface area (Å²) in [5.74, 6) is 0.765. The van der Waals surface area contributed by atoms with Gasteiger partial charge in [0.25, 0.3) is 0 Å². The number of nitrogen functional groups attached to an aromatic ring is 1. The van der Waals surface area contributed by atoms with Crippen molar-refractivity contribution in [1.29, 1.82) is 5.26 Å². The van der Waals surface area contributed by atoms with Gasteiger partial charge in [-0.1, -0.05) is 4.49 Å². The zero-order chi connectivity index (χ0) is 13.1. The second kappa shape index (κ2) is 5.02. The molecule has 0 amide bonds. The van der Waals surface area contributed by atoms with Crippen LogP contribution in [0.4, 0.5) is 5.00 Å². The SMILES string of the molecule is Cc1cc(C#N)cc(C)c1OCc1nnsc1N. The van der Waals surface area contributed by atoms with Gasteiger partial charge < -0.3 is 10.5 Å². The zero-order valence-electron chi connectivity index (χ0n) is 10.1. The van der Waals surface area contributed by atoms with Gasteiger partial charge >= 0.3 is 0 Å². The lowest BCUT2D eigenvalue weighted by atomic mass is 10.1. The van der Waals surface area contributed by atoms with Crippen LogP contribution in [-0.2, 0) is 6.61 Å². The Kier molecular flexibility index (Phi) is 3.44. The van der Waals surface area contributed by atoms with Gasteiger partial charge in [0.05, 0.1) is 11.6 Å². The van der Waals surface area contributed by atoms with Crippen molar-refractivity contribution in [3.63, 3.8) is 0 Å². The van der Waals surface area contributed by atoms with E-state index in [1.54, 1.807) is 12.1 Å². The van der Waals surface area contributed by atoms with Crippen LogP contribution < -0.4 is 10.5 Å². The van der Waals surface area contributed by atoms with Crippen molar-refractivity contribution in [3.8, 4) is 11.8 Å². The van der Waals surface area contributed by atoms with E-state index in [9.17, 15) is 0 Å². The Hall–Kier alpha value is -2.13. The van der Waals surface area contributed by atoms with Crippen molar-refractivity contribution in [1.82, 2.24) is 9.59 Å². The number of hydrogen-bond acceptors (Lipinski definition) is 6. The van der Waals surface area contributed by atoms with Crippen molar-refractivity contribution in [2.24, 2.45) is 0 Å². The molecule has 1 aromatic heterocycles. The van der Waals surface area contributed by atoms with Crippen LogP contribution in [0.2, 0.25) is 0 Å². The number of hydrogen-bond donors (Lipinski definition) is 1. The van der Waals surface area contributed by atoms with E-state index in [0.29, 0.717) is 16.3 Å². The number of aryl methyl sites for hydroxylation is 2. The largest absolute Gasteiger partial charge is 0.487 e. The molecule has 0 bridgehead atoms. The first kappa shape index (κ1) is 12.3. The van der Waals surface area contributed by atoms with Gasteiger partial charge in [-0.15, -0.1) is 5.10 Å². The molecule has 0 saturated heterocycles. The molecule has 0 aliphatic carbocycles.